The van der Waals surface area contributed by atoms with Gasteiger partial charge in [-0.05, 0) is 40.3 Å². The summed E-state index contributed by atoms with van der Waals surface area (Å²) in [6.45, 7) is 14.0. The fourth-order valence-electron chi connectivity index (χ4n) is 1.01. The lowest BCUT2D eigenvalue weighted by atomic mass is 9.99. The van der Waals surface area contributed by atoms with Crippen LogP contribution in [-0.4, -0.2) is 44.0 Å². The first-order valence-electron chi connectivity index (χ1n) is 5.93. The quantitative estimate of drug-likeness (QED) is 0.679. The van der Waals surface area contributed by atoms with Crippen LogP contribution in [0.4, 0.5) is 0 Å². The molecule has 0 aliphatic carbocycles. The zero-order valence-electron chi connectivity index (χ0n) is 12.3. The molecule has 0 saturated heterocycles. The lowest BCUT2D eigenvalue weighted by Gasteiger charge is -2.31. The van der Waals surface area contributed by atoms with Gasteiger partial charge in [-0.3, -0.25) is 4.90 Å². The fourth-order valence-corrected chi connectivity index (χ4v) is 1.01. The van der Waals surface area contributed by atoms with E-state index >= 15 is 0 Å². The van der Waals surface area contributed by atoms with E-state index in [-0.39, 0.29) is 17.2 Å². The number of likely N-dealkylation sites (N-methyl/N-ethyl adjacent to an activating group) is 1. The largest absolute Gasteiger partial charge is 0.372 e. The van der Waals surface area contributed by atoms with Gasteiger partial charge in [-0.2, -0.15) is 0 Å². The summed E-state index contributed by atoms with van der Waals surface area (Å²) in [7, 11) is 4.03. The highest BCUT2D eigenvalue weighted by Crippen LogP contribution is 2.16. The lowest BCUT2D eigenvalue weighted by molar-refractivity contribution is -0.131. The van der Waals surface area contributed by atoms with Crippen molar-refractivity contribution in [2.24, 2.45) is 5.41 Å². The number of ether oxygens (including phenoxy) is 2. The minimum atomic E-state index is -0.112. The first kappa shape index (κ1) is 15.9. The molecule has 0 heterocycles. The highest BCUT2D eigenvalue weighted by atomic mass is 16.6. The van der Waals surface area contributed by atoms with E-state index in [0.717, 1.165) is 6.61 Å². The molecule has 0 bridgehead atoms. The van der Waals surface area contributed by atoms with E-state index in [0.29, 0.717) is 6.61 Å². The van der Waals surface area contributed by atoms with E-state index < -0.39 is 0 Å². The molecule has 3 heteroatoms. The molecule has 0 aliphatic rings. The van der Waals surface area contributed by atoms with Crippen molar-refractivity contribution >= 4 is 0 Å². The average Bonchev–Trinajstić information content (AvgIpc) is 1.98. The van der Waals surface area contributed by atoms with Crippen LogP contribution in [0.3, 0.4) is 0 Å². The third-order valence-corrected chi connectivity index (χ3v) is 1.94. The topological polar surface area (TPSA) is 21.7 Å². The standard InChI is InChI=1S/C13H29NO2/c1-12(2,3)10-15-11(14(7)8)9-16-13(4,5)6/h11H,9-10H2,1-8H3. The van der Waals surface area contributed by atoms with Crippen molar-refractivity contribution in [1.82, 2.24) is 4.90 Å². The Morgan fingerprint density at radius 1 is 1.00 bits per heavy atom. The van der Waals surface area contributed by atoms with Crippen LogP contribution >= 0.6 is 0 Å². The molecule has 1 unspecified atom stereocenters. The van der Waals surface area contributed by atoms with Crippen molar-refractivity contribution in [2.45, 2.75) is 53.4 Å². The van der Waals surface area contributed by atoms with Gasteiger partial charge in [0.05, 0.1) is 18.8 Å². The molecular formula is C13H29NO2. The van der Waals surface area contributed by atoms with Gasteiger partial charge in [0.15, 0.2) is 0 Å². The molecular weight excluding hydrogens is 202 g/mol. The van der Waals surface area contributed by atoms with E-state index in [9.17, 15) is 0 Å². The SMILES string of the molecule is CN(C)C(COC(C)(C)C)OCC(C)(C)C. The van der Waals surface area contributed by atoms with Gasteiger partial charge in [-0.25, -0.2) is 0 Å². The summed E-state index contributed by atoms with van der Waals surface area (Å²) in [5.41, 5.74) is 0.0787. The molecule has 0 spiro atoms. The molecule has 3 nitrogen and oxygen atoms in total. The second kappa shape index (κ2) is 5.99. The molecule has 0 N–H and O–H groups in total. The monoisotopic (exact) mass is 231 g/mol. The average molecular weight is 231 g/mol. The Balaban J connectivity index is 4.09. The molecule has 0 amide bonds. The zero-order valence-corrected chi connectivity index (χ0v) is 12.3. The summed E-state index contributed by atoms with van der Waals surface area (Å²) in [6, 6.07) is 0. The van der Waals surface area contributed by atoms with E-state index in [2.05, 4.69) is 46.4 Å². The van der Waals surface area contributed by atoms with Crippen molar-refractivity contribution < 1.29 is 9.47 Å². The summed E-state index contributed by atoms with van der Waals surface area (Å²) in [5.74, 6) is 0. The normalized spacial score (nSPS) is 15.6. The molecule has 0 aliphatic heterocycles. The minimum Gasteiger partial charge on any atom is -0.372 e. The maximum absolute atomic E-state index is 5.86. The fraction of sp³-hybridized carbons (Fsp3) is 1.00. The van der Waals surface area contributed by atoms with E-state index in [1.807, 2.05) is 14.1 Å². The third kappa shape index (κ3) is 9.13. The Bertz CT molecular complexity index is 171. The number of rotatable bonds is 5. The molecule has 0 radical (unpaired) electrons. The minimum absolute atomic E-state index is 0.0263. The van der Waals surface area contributed by atoms with Crippen LogP contribution in [0.5, 0.6) is 0 Å². The van der Waals surface area contributed by atoms with Crippen LogP contribution < -0.4 is 0 Å². The summed E-state index contributed by atoms with van der Waals surface area (Å²) in [4.78, 5) is 2.05. The number of hydrogen-bond donors (Lipinski definition) is 0. The maximum Gasteiger partial charge on any atom is 0.133 e. The van der Waals surface area contributed by atoms with Crippen LogP contribution in [0.2, 0.25) is 0 Å². The first-order valence-corrected chi connectivity index (χ1v) is 5.93. The Kier molecular flexibility index (Phi) is 5.94. The van der Waals surface area contributed by atoms with Crippen molar-refractivity contribution in [2.75, 3.05) is 27.3 Å². The first-order chi connectivity index (χ1) is 7.01. The summed E-state index contributed by atoms with van der Waals surface area (Å²) >= 11 is 0. The predicted molar refractivity (Wildman–Crippen MR) is 68.6 cm³/mol. The van der Waals surface area contributed by atoms with Crippen molar-refractivity contribution in [1.29, 1.82) is 0 Å². The molecule has 0 aromatic heterocycles. The molecule has 98 valence electrons. The summed E-state index contributed by atoms with van der Waals surface area (Å²) in [6.07, 6.45) is 0.0263. The van der Waals surface area contributed by atoms with Gasteiger partial charge in [-0.15, -0.1) is 0 Å². The van der Waals surface area contributed by atoms with E-state index in [4.69, 9.17) is 9.47 Å². The van der Waals surface area contributed by atoms with Crippen molar-refractivity contribution in [3.63, 3.8) is 0 Å². The van der Waals surface area contributed by atoms with Crippen molar-refractivity contribution in [3.05, 3.63) is 0 Å². The van der Waals surface area contributed by atoms with Crippen LogP contribution in [0.1, 0.15) is 41.5 Å². The Hall–Kier alpha value is -0.120. The summed E-state index contributed by atoms with van der Waals surface area (Å²) < 4.78 is 11.6. The van der Waals surface area contributed by atoms with Crippen molar-refractivity contribution in [3.8, 4) is 0 Å². The van der Waals surface area contributed by atoms with Gasteiger partial charge < -0.3 is 9.47 Å². The van der Waals surface area contributed by atoms with Gasteiger partial charge in [0.25, 0.3) is 0 Å². The van der Waals surface area contributed by atoms with Gasteiger partial charge in [0, 0.05) is 0 Å². The molecule has 0 rings (SSSR count). The Labute approximate surface area is 101 Å². The molecule has 16 heavy (non-hydrogen) atoms. The Morgan fingerprint density at radius 2 is 1.50 bits per heavy atom. The molecule has 0 fully saturated rings. The maximum atomic E-state index is 5.86. The van der Waals surface area contributed by atoms with E-state index in [1.165, 1.54) is 0 Å². The van der Waals surface area contributed by atoms with Gasteiger partial charge in [0.2, 0.25) is 0 Å². The number of hydrogen-bond acceptors (Lipinski definition) is 3. The highest BCUT2D eigenvalue weighted by molar-refractivity contribution is 4.65. The second-order valence-corrected chi connectivity index (χ2v) is 6.71. The molecule has 1 atom stereocenters. The predicted octanol–water partition coefficient (Wildman–Crippen LogP) is 2.75. The van der Waals surface area contributed by atoms with Crippen LogP contribution in [-0.2, 0) is 9.47 Å². The third-order valence-electron chi connectivity index (χ3n) is 1.94. The smallest absolute Gasteiger partial charge is 0.133 e. The zero-order chi connectivity index (χ0) is 13.0. The lowest BCUT2D eigenvalue weighted by Crippen LogP contribution is -2.39. The van der Waals surface area contributed by atoms with Gasteiger partial charge >= 0.3 is 0 Å². The van der Waals surface area contributed by atoms with Gasteiger partial charge in [-0.1, -0.05) is 20.8 Å². The molecule has 0 saturated carbocycles. The Morgan fingerprint density at radius 3 is 1.81 bits per heavy atom. The molecule has 0 aromatic carbocycles. The van der Waals surface area contributed by atoms with Gasteiger partial charge in [0.1, 0.15) is 6.23 Å². The summed E-state index contributed by atoms with van der Waals surface area (Å²) in [5, 5.41) is 0. The molecule has 0 aromatic rings. The van der Waals surface area contributed by atoms with Crippen LogP contribution in [0.25, 0.3) is 0 Å². The number of nitrogens with zero attached hydrogens (tertiary/aromatic N) is 1. The van der Waals surface area contributed by atoms with Crippen LogP contribution in [0.15, 0.2) is 0 Å². The second-order valence-electron chi connectivity index (χ2n) is 6.71. The van der Waals surface area contributed by atoms with E-state index in [1.54, 1.807) is 0 Å². The van der Waals surface area contributed by atoms with Crippen LogP contribution in [0, 0.1) is 5.41 Å². The highest BCUT2D eigenvalue weighted by Gasteiger charge is 2.20.